The van der Waals surface area contributed by atoms with Crippen molar-refractivity contribution in [2.24, 2.45) is 0 Å². The van der Waals surface area contributed by atoms with Crippen molar-refractivity contribution >= 4 is 33.6 Å². The molecule has 0 aliphatic rings. The number of sulfonamides is 1. The van der Waals surface area contributed by atoms with E-state index in [1.807, 2.05) is 43.3 Å². The minimum atomic E-state index is -4.20. The Morgan fingerprint density at radius 3 is 2.31 bits per heavy atom. The van der Waals surface area contributed by atoms with Crippen LogP contribution in [0.15, 0.2) is 84.0 Å². The van der Waals surface area contributed by atoms with Crippen LogP contribution >= 0.6 is 0 Å². The molecule has 4 rings (SSSR count). The predicted octanol–water partition coefficient (Wildman–Crippen LogP) is 3.23. The fourth-order valence-electron chi connectivity index (χ4n) is 4.86. The molecule has 0 aliphatic heterocycles. The molecule has 12 nitrogen and oxygen atoms in total. The van der Waals surface area contributed by atoms with Crippen molar-refractivity contribution in [3.05, 3.63) is 107 Å². The van der Waals surface area contributed by atoms with Gasteiger partial charge in [0.25, 0.3) is 5.91 Å². The number of aliphatic carboxylic acids is 1. The van der Waals surface area contributed by atoms with Crippen LogP contribution in [0.1, 0.15) is 32.7 Å². The minimum Gasteiger partial charge on any atom is -0.482 e. The summed E-state index contributed by atoms with van der Waals surface area (Å²) in [6.45, 7) is 4.32. The highest BCUT2D eigenvalue weighted by molar-refractivity contribution is 7.89. The summed E-state index contributed by atoms with van der Waals surface area (Å²) >= 11 is 0. The van der Waals surface area contributed by atoms with Gasteiger partial charge < -0.3 is 20.5 Å². The van der Waals surface area contributed by atoms with Gasteiger partial charge in [0, 0.05) is 24.5 Å². The third kappa shape index (κ3) is 9.00. The Balaban J connectivity index is 1.40. The second kappa shape index (κ2) is 14.6. The van der Waals surface area contributed by atoms with E-state index in [0.29, 0.717) is 22.6 Å². The molecule has 4 N–H and O–H groups in total. The van der Waals surface area contributed by atoms with E-state index >= 15 is 0 Å². The maximum absolute atomic E-state index is 13.2. The van der Waals surface area contributed by atoms with Gasteiger partial charge in [0.15, 0.2) is 6.61 Å². The van der Waals surface area contributed by atoms with Crippen LogP contribution in [0, 0.1) is 20.8 Å². The summed E-state index contributed by atoms with van der Waals surface area (Å²) in [4.78, 5) is 41.9. The SMILES string of the molecule is Cc1cc(C)c(S(=O)(=O)N[C@@H](CNC(=O)COc2cc(CNc3ccccn3)n(C(=O)Cc3ccccc3)c2)C(=O)O)c(C)c1. The van der Waals surface area contributed by atoms with Crippen LogP contribution in [0.5, 0.6) is 5.75 Å². The number of aryl methyl sites for hydroxylation is 3. The molecule has 0 aliphatic carbocycles. The number of anilines is 1. The first kappa shape index (κ1) is 32.9. The van der Waals surface area contributed by atoms with Gasteiger partial charge in [0.2, 0.25) is 15.9 Å². The summed E-state index contributed by atoms with van der Waals surface area (Å²) < 4.78 is 35.4. The number of hydrogen-bond acceptors (Lipinski definition) is 8. The highest BCUT2D eigenvalue weighted by Crippen LogP contribution is 2.22. The van der Waals surface area contributed by atoms with Gasteiger partial charge in [-0.3, -0.25) is 19.0 Å². The molecule has 0 spiro atoms. The van der Waals surface area contributed by atoms with Gasteiger partial charge in [0.05, 0.1) is 24.1 Å². The number of rotatable bonds is 14. The molecule has 0 fully saturated rings. The number of nitrogens with zero attached hydrogens (tertiary/aromatic N) is 2. The lowest BCUT2D eigenvalue weighted by Gasteiger charge is -2.18. The molecule has 13 heteroatoms. The van der Waals surface area contributed by atoms with Crippen LogP contribution < -0.4 is 20.1 Å². The van der Waals surface area contributed by atoms with E-state index in [0.717, 1.165) is 11.1 Å². The summed E-state index contributed by atoms with van der Waals surface area (Å²) in [5, 5.41) is 15.2. The van der Waals surface area contributed by atoms with Gasteiger partial charge in [-0.1, -0.05) is 54.1 Å². The van der Waals surface area contributed by atoms with Gasteiger partial charge in [0.1, 0.15) is 17.6 Å². The Hall–Kier alpha value is -5.01. The first-order chi connectivity index (χ1) is 21.4. The standard InChI is InChI=1S/C32H35N5O7S/c1-21-13-22(2)31(23(3)14-21)45(42,43)36-27(32(40)41)18-35-29(38)20-44-26-16-25(17-34-28-11-7-8-12-33-28)37(19-26)30(39)15-24-9-5-4-6-10-24/h4-14,16,19,27,36H,15,17-18,20H2,1-3H3,(H,33,34)(H,35,38)(H,40,41)/t27-/m0/s1. The maximum Gasteiger partial charge on any atom is 0.323 e. The molecular formula is C32H35N5O7S. The number of carboxylic acids is 1. The minimum absolute atomic E-state index is 0.00586. The van der Waals surface area contributed by atoms with Crippen LogP contribution in [0.4, 0.5) is 5.82 Å². The normalized spacial score (nSPS) is 11.9. The monoisotopic (exact) mass is 633 g/mol. The topological polar surface area (TPSA) is 169 Å². The van der Waals surface area contributed by atoms with Crippen molar-refractivity contribution < 1.29 is 32.6 Å². The van der Waals surface area contributed by atoms with Gasteiger partial charge in [-0.25, -0.2) is 13.4 Å². The van der Waals surface area contributed by atoms with Crippen molar-refractivity contribution in [3.8, 4) is 5.75 Å². The number of nitrogens with one attached hydrogen (secondary N) is 3. The van der Waals surface area contributed by atoms with E-state index in [1.54, 1.807) is 50.4 Å². The van der Waals surface area contributed by atoms with Gasteiger partial charge in [-0.2, -0.15) is 4.72 Å². The molecule has 0 saturated carbocycles. The molecule has 2 heterocycles. The van der Waals surface area contributed by atoms with Crippen molar-refractivity contribution in [1.82, 2.24) is 19.6 Å². The highest BCUT2D eigenvalue weighted by Gasteiger charge is 2.28. The summed E-state index contributed by atoms with van der Waals surface area (Å²) in [5.74, 6) is -1.50. The highest BCUT2D eigenvalue weighted by atomic mass is 32.2. The molecule has 236 valence electrons. The van der Waals surface area contributed by atoms with Crippen LogP contribution in [0.2, 0.25) is 0 Å². The Labute approximate surface area is 261 Å². The van der Waals surface area contributed by atoms with E-state index in [4.69, 9.17) is 4.74 Å². The quantitative estimate of drug-likeness (QED) is 0.163. The molecule has 0 unspecified atom stereocenters. The number of carbonyl (C=O) groups excluding carboxylic acids is 2. The first-order valence-electron chi connectivity index (χ1n) is 14.1. The fourth-order valence-corrected chi connectivity index (χ4v) is 6.51. The summed E-state index contributed by atoms with van der Waals surface area (Å²) in [6, 6.07) is 18.0. The zero-order chi connectivity index (χ0) is 32.6. The maximum atomic E-state index is 13.2. The molecule has 0 bridgehead atoms. The lowest BCUT2D eigenvalue weighted by atomic mass is 10.1. The second-order valence-electron chi connectivity index (χ2n) is 10.5. The van der Waals surface area contributed by atoms with Gasteiger partial charge >= 0.3 is 5.97 Å². The molecule has 4 aromatic rings. The summed E-state index contributed by atoms with van der Waals surface area (Å²) in [5.41, 5.74) is 3.23. The molecule has 0 radical (unpaired) electrons. The molecule has 2 aromatic heterocycles. The largest absolute Gasteiger partial charge is 0.482 e. The summed E-state index contributed by atoms with van der Waals surface area (Å²) in [6.07, 6.45) is 3.26. The van der Waals surface area contributed by atoms with E-state index in [-0.39, 0.29) is 29.5 Å². The van der Waals surface area contributed by atoms with E-state index < -0.39 is 41.1 Å². The molecule has 45 heavy (non-hydrogen) atoms. The molecule has 1 amide bonds. The number of carboxylic acid groups (broad SMARTS) is 1. The van der Waals surface area contributed by atoms with Crippen LogP contribution in [-0.4, -0.2) is 60.1 Å². The second-order valence-corrected chi connectivity index (χ2v) is 12.1. The number of hydrogen-bond donors (Lipinski definition) is 4. The molecular weight excluding hydrogens is 598 g/mol. The molecule has 1 atom stereocenters. The molecule has 2 aromatic carbocycles. The lowest BCUT2D eigenvalue weighted by molar-refractivity contribution is -0.139. The number of aromatic nitrogens is 2. The van der Waals surface area contributed by atoms with E-state index in [9.17, 15) is 27.9 Å². The smallest absolute Gasteiger partial charge is 0.323 e. The summed E-state index contributed by atoms with van der Waals surface area (Å²) in [7, 11) is -4.20. The Morgan fingerprint density at radius 1 is 0.978 bits per heavy atom. The first-order valence-corrected chi connectivity index (χ1v) is 15.6. The number of amides is 1. The van der Waals surface area contributed by atoms with E-state index in [1.165, 1.54) is 10.8 Å². The fraction of sp³-hybridized carbons (Fsp3) is 0.250. The van der Waals surface area contributed by atoms with Crippen LogP contribution in [0.25, 0.3) is 0 Å². The number of pyridine rings is 1. The number of ether oxygens (including phenoxy) is 1. The third-order valence-corrected chi connectivity index (χ3v) is 8.58. The van der Waals surface area contributed by atoms with Gasteiger partial charge in [-0.05, 0) is 49.6 Å². The molecule has 0 saturated heterocycles. The van der Waals surface area contributed by atoms with Crippen molar-refractivity contribution in [2.75, 3.05) is 18.5 Å². The zero-order valence-electron chi connectivity index (χ0n) is 25.1. The van der Waals surface area contributed by atoms with Gasteiger partial charge in [-0.15, -0.1) is 0 Å². The average molecular weight is 634 g/mol. The van der Waals surface area contributed by atoms with Crippen molar-refractivity contribution in [2.45, 2.75) is 44.7 Å². The Bertz CT molecular complexity index is 1750. The zero-order valence-corrected chi connectivity index (χ0v) is 25.9. The van der Waals surface area contributed by atoms with Crippen molar-refractivity contribution in [3.63, 3.8) is 0 Å². The lowest BCUT2D eigenvalue weighted by Crippen LogP contribution is -2.49. The third-order valence-electron chi connectivity index (χ3n) is 6.80. The van der Waals surface area contributed by atoms with Crippen molar-refractivity contribution in [1.29, 1.82) is 0 Å². The number of benzene rings is 2. The Morgan fingerprint density at radius 2 is 1.67 bits per heavy atom. The van der Waals surface area contributed by atoms with E-state index in [2.05, 4.69) is 20.3 Å². The Kier molecular flexibility index (Phi) is 10.7. The predicted molar refractivity (Wildman–Crippen MR) is 168 cm³/mol. The number of carbonyl (C=O) groups is 3. The van der Waals surface area contributed by atoms with Crippen LogP contribution in [-0.2, 0) is 32.6 Å². The average Bonchev–Trinajstić information content (AvgIpc) is 3.40. The van der Waals surface area contributed by atoms with Crippen LogP contribution in [0.3, 0.4) is 0 Å².